The molecule has 0 aliphatic rings. The molecule has 162 valence electrons. The number of benzene rings is 2. The highest BCUT2D eigenvalue weighted by Crippen LogP contribution is 2.38. The maximum Gasteiger partial charge on any atom is 0.345 e. The third-order valence-electron chi connectivity index (χ3n) is 4.16. The average molecular weight is 484 g/mol. The molecular formula is C21H17Cl3N2O5. The fourth-order valence-electron chi connectivity index (χ4n) is 2.70. The van der Waals surface area contributed by atoms with Gasteiger partial charge in [-0.25, -0.2) is 4.79 Å². The fraction of sp³-hybridized carbons (Fsp3) is 0.190. The lowest BCUT2D eigenvalue weighted by Gasteiger charge is -2.07. The molecule has 0 aliphatic carbocycles. The van der Waals surface area contributed by atoms with E-state index < -0.39 is 11.9 Å². The number of halogens is 3. The Kier molecular flexibility index (Phi) is 7.79. The summed E-state index contributed by atoms with van der Waals surface area (Å²) in [6.45, 7) is 0.315. The van der Waals surface area contributed by atoms with Crippen LogP contribution in [0.3, 0.4) is 0 Å². The van der Waals surface area contributed by atoms with E-state index in [1.54, 1.807) is 42.5 Å². The molecule has 1 N–H and O–H groups in total. The maximum absolute atomic E-state index is 12.3. The molecule has 10 heteroatoms. The first kappa shape index (κ1) is 22.9. The van der Waals surface area contributed by atoms with E-state index in [0.29, 0.717) is 29.4 Å². The van der Waals surface area contributed by atoms with Crippen LogP contribution < -0.4 is 10.1 Å². The first-order valence-corrected chi connectivity index (χ1v) is 10.2. The molecule has 7 nitrogen and oxygen atoms in total. The van der Waals surface area contributed by atoms with Crippen molar-refractivity contribution < 1.29 is 23.6 Å². The molecule has 1 heterocycles. The van der Waals surface area contributed by atoms with Crippen molar-refractivity contribution in [2.24, 2.45) is 0 Å². The van der Waals surface area contributed by atoms with Crippen LogP contribution in [-0.2, 0) is 9.53 Å². The first-order chi connectivity index (χ1) is 14.9. The van der Waals surface area contributed by atoms with Crippen molar-refractivity contribution in [3.8, 4) is 17.0 Å². The van der Waals surface area contributed by atoms with Crippen LogP contribution in [0.5, 0.6) is 5.75 Å². The maximum atomic E-state index is 12.3. The van der Waals surface area contributed by atoms with Crippen molar-refractivity contribution in [1.29, 1.82) is 0 Å². The van der Waals surface area contributed by atoms with E-state index in [2.05, 4.69) is 10.5 Å². The molecule has 0 saturated heterocycles. The molecule has 3 rings (SSSR count). The van der Waals surface area contributed by atoms with Crippen molar-refractivity contribution in [3.63, 3.8) is 0 Å². The molecule has 3 aromatic rings. The van der Waals surface area contributed by atoms with E-state index >= 15 is 0 Å². The molecular weight excluding hydrogens is 467 g/mol. The summed E-state index contributed by atoms with van der Waals surface area (Å²) in [5.74, 6) is -0.651. The number of esters is 1. The summed E-state index contributed by atoms with van der Waals surface area (Å²) in [6.07, 6.45) is 0.552. The van der Waals surface area contributed by atoms with Gasteiger partial charge in [-0.15, -0.1) is 0 Å². The Bertz CT molecular complexity index is 1060. The summed E-state index contributed by atoms with van der Waals surface area (Å²) < 4.78 is 15.6. The lowest BCUT2D eigenvalue weighted by Crippen LogP contribution is -2.15. The summed E-state index contributed by atoms with van der Waals surface area (Å²) in [4.78, 5) is 24.7. The standard InChI is InChI=1S/C21H17Cl3N2O5/c1-29-21(28)18-19(17-14(23)4-2-5-15(17)24)26-31-20(18)25-16(27)6-3-11-30-13-9-7-12(22)8-10-13/h2,4-5,7-10H,3,6,11H2,1H3,(H,25,27). The highest BCUT2D eigenvalue weighted by molar-refractivity contribution is 6.39. The third-order valence-corrected chi connectivity index (χ3v) is 5.05. The van der Waals surface area contributed by atoms with Crippen molar-refractivity contribution in [2.75, 3.05) is 19.0 Å². The van der Waals surface area contributed by atoms with E-state index in [0.717, 1.165) is 0 Å². The van der Waals surface area contributed by atoms with Gasteiger partial charge in [0.25, 0.3) is 0 Å². The Morgan fingerprint density at radius 2 is 1.74 bits per heavy atom. The summed E-state index contributed by atoms with van der Waals surface area (Å²) >= 11 is 18.3. The second-order valence-electron chi connectivity index (χ2n) is 6.28. The number of aromatic nitrogens is 1. The topological polar surface area (TPSA) is 90.7 Å². The number of nitrogens with zero attached hydrogens (tertiary/aromatic N) is 1. The van der Waals surface area contributed by atoms with E-state index in [1.165, 1.54) is 7.11 Å². The lowest BCUT2D eigenvalue weighted by molar-refractivity contribution is -0.116. The van der Waals surface area contributed by atoms with Gasteiger partial charge in [-0.2, -0.15) is 0 Å². The number of carbonyl (C=O) groups is 2. The Hall–Kier alpha value is -2.74. The lowest BCUT2D eigenvalue weighted by atomic mass is 10.1. The van der Waals surface area contributed by atoms with Crippen molar-refractivity contribution in [3.05, 3.63) is 63.1 Å². The van der Waals surface area contributed by atoms with Gasteiger partial charge in [0.15, 0.2) is 5.56 Å². The number of anilines is 1. The number of methoxy groups -OCH3 is 1. The Morgan fingerprint density at radius 1 is 1.06 bits per heavy atom. The molecule has 1 aromatic heterocycles. The monoisotopic (exact) mass is 482 g/mol. The number of ether oxygens (including phenoxy) is 2. The summed E-state index contributed by atoms with van der Waals surface area (Å²) in [6, 6.07) is 11.7. The van der Waals surface area contributed by atoms with E-state index in [9.17, 15) is 9.59 Å². The molecule has 0 unspecified atom stereocenters. The zero-order valence-corrected chi connectivity index (χ0v) is 18.6. The molecule has 1 amide bonds. The number of carbonyl (C=O) groups excluding carboxylic acids is 2. The van der Waals surface area contributed by atoms with Crippen LogP contribution in [0.4, 0.5) is 5.88 Å². The van der Waals surface area contributed by atoms with Gasteiger partial charge in [-0.3, -0.25) is 10.1 Å². The van der Waals surface area contributed by atoms with E-state index in [-0.39, 0.29) is 33.6 Å². The van der Waals surface area contributed by atoms with Crippen LogP contribution in [0, 0.1) is 0 Å². The molecule has 0 radical (unpaired) electrons. The zero-order chi connectivity index (χ0) is 22.4. The smallest absolute Gasteiger partial charge is 0.345 e. The van der Waals surface area contributed by atoms with Crippen LogP contribution in [0.25, 0.3) is 11.3 Å². The van der Waals surface area contributed by atoms with Gasteiger partial charge in [0.1, 0.15) is 11.4 Å². The largest absolute Gasteiger partial charge is 0.494 e. The normalized spacial score (nSPS) is 10.6. The number of hydrogen-bond acceptors (Lipinski definition) is 6. The minimum absolute atomic E-state index is 0.0730. The average Bonchev–Trinajstić information content (AvgIpc) is 3.14. The molecule has 0 saturated carbocycles. The van der Waals surface area contributed by atoms with Crippen LogP contribution in [0.2, 0.25) is 15.1 Å². The first-order valence-electron chi connectivity index (χ1n) is 9.11. The Morgan fingerprint density at radius 3 is 2.39 bits per heavy atom. The van der Waals surface area contributed by atoms with E-state index in [1.807, 2.05) is 0 Å². The quantitative estimate of drug-likeness (QED) is 0.317. The second-order valence-corrected chi connectivity index (χ2v) is 7.53. The van der Waals surface area contributed by atoms with Crippen LogP contribution in [-0.4, -0.2) is 30.7 Å². The molecule has 0 spiro atoms. The zero-order valence-electron chi connectivity index (χ0n) is 16.3. The summed E-state index contributed by atoms with van der Waals surface area (Å²) in [7, 11) is 1.20. The number of rotatable bonds is 8. The van der Waals surface area contributed by atoms with Crippen LogP contribution >= 0.6 is 34.8 Å². The van der Waals surface area contributed by atoms with Gasteiger partial charge in [0.2, 0.25) is 11.8 Å². The third kappa shape index (κ3) is 5.70. The SMILES string of the molecule is COC(=O)c1c(-c2c(Cl)cccc2Cl)noc1NC(=O)CCCOc1ccc(Cl)cc1. The van der Waals surface area contributed by atoms with Crippen LogP contribution in [0.1, 0.15) is 23.2 Å². The second kappa shape index (κ2) is 10.5. The highest BCUT2D eigenvalue weighted by Gasteiger charge is 2.28. The predicted molar refractivity (Wildman–Crippen MR) is 118 cm³/mol. The summed E-state index contributed by atoms with van der Waals surface area (Å²) in [5, 5.41) is 7.55. The molecule has 2 aromatic carbocycles. The van der Waals surface area contributed by atoms with Crippen molar-refractivity contribution in [2.45, 2.75) is 12.8 Å². The number of hydrogen-bond donors (Lipinski definition) is 1. The van der Waals surface area contributed by atoms with Gasteiger partial charge >= 0.3 is 5.97 Å². The Balaban J connectivity index is 1.68. The number of nitrogens with one attached hydrogen (secondary N) is 1. The van der Waals surface area contributed by atoms with Gasteiger partial charge in [0, 0.05) is 17.0 Å². The van der Waals surface area contributed by atoms with Gasteiger partial charge < -0.3 is 14.0 Å². The fourth-order valence-corrected chi connectivity index (χ4v) is 3.41. The van der Waals surface area contributed by atoms with Crippen molar-refractivity contribution in [1.82, 2.24) is 5.16 Å². The van der Waals surface area contributed by atoms with E-state index in [4.69, 9.17) is 48.8 Å². The highest BCUT2D eigenvalue weighted by atomic mass is 35.5. The molecule has 0 atom stereocenters. The van der Waals surface area contributed by atoms with Gasteiger partial charge in [-0.1, -0.05) is 46.0 Å². The van der Waals surface area contributed by atoms with Gasteiger partial charge in [0.05, 0.1) is 23.8 Å². The molecule has 0 fully saturated rings. The number of amides is 1. The molecule has 31 heavy (non-hydrogen) atoms. The van der Waals surface area contributed by atoms with Gasteiger partial charge in [-0.05, 0) is 42.8 Å². The van der Waals surface area contributed by atoms with Crippen LogP contribution in [0.15, 0.2) is 47.0 Å². The Labute approximate surface area is 193 Å². The molecule has 0 bridgehead atoms. The summed E-state index contributed by atoms with van der Waals surface area (Å²) in [5.41, 5.74) is 0.291. The minimum atomic E-state index is -0.756. The molecule has 0 aliphatic heterocycles. The minimum Gasteiger partial charge on any atom is -0.494 e. The van der Waals surface area contributed by atoms with Crippen molar-refractivity contribution >= 4 is 52.6 Å². The predicted octanol–water partition coefficient (Wildman–Crippen LogP) is 5.89.